The van der Waals surface area contributed by atoms with E-state index in [1.807, 2.05) is 17.0 Å². The monoisotopic (exact) mass is 475 g/mol. The number of nitrogens with zero attached hydrogens (tertiary/aromatic N) is 3. The van der Waals surface area contributed by atoms with Crippen LogP contribution in [0, 0.1) is 0 Å². The lowest BCUT2D eigenvalue weighted by molar-refractivity contribution is 0.0762. The Labute approximate surface area is 193 Å². The number of thiophene rings is 1. The molecule has 0 bridgehead atoms. The highest BCUT2D eigenvalue weighted by molar-refractivity contribution is 7.91. The van der Waals surface area contributed by atoms with E-state index in [2.05, 4.69) is 4.90 Å². The van der Waals surface area contributed by atoms with E-state index in [1.54, 1.807) is 23.6 Å². The molecule has 2 aromatic rings. The number of hydrogen-bond donors (Lipinski definition) is 0. The zero-order valence-corrected chi connectivity index (χ0v) is 20.0. The smallest absolute Gasteiger partial charge is 0.254 e. The summed E-state index contributed by atoms with van der Waals surface area (Å²) in [6.07, 6.45) is 4.28. The van der Waals surface area contributed by atoms with Crippen molar-refractivity contribution in [3.05, 3.63) is 46.8 Å². The number of hydrogen-bond acceptors (Lipinski definition) is 6. The van der Waals surface area contributed by atoms with E-state index in [1.165, 1.54) is 11.2 Å². The summed E-state index contributed by atoms with van der Waals surface area (Å²) in [5.41, 5.74) is 2.12. The molecule has 172 valence electrons. The van der Waals surface area contributed by atoms with Crippen molar-refractivity contribution in [2.75, 3.05) is 44.2 Å². The maximum Gasteiger partial charge on any atom is 0.254 e. The van der Waals surface area contributed by atoms with Crippen LogP contribution >= 0.6 is 11.3 Å². The average Bonchev–Trinajstić information content (AvgIpc) is 3.16. The van der Waals surface area contributed by atoms with Crippen molar-refractivity contribution in [3.63, 3.8) is 0 Å². The summed E-state index contributed by atoms with van der Waals surface area (Å²) in [6, 6.07) is 8.95. The van der Waals surface area contributed by atoms with Gasteiger partial charge in [0, 0.05) is 55.9 Å². The molecule has 0 aliphatic carbocycles. The quantitative estimate of drug-likeness (QED) is 0.619. The van der Waals surface area contributed by atoms with Crippen LogP contribution in [0.1, 0.15) is 53.3 Å². The Hall–Kier alpha value is -2.23. The van der Waals surface area contributed by atoms with Crippen LogP contribution in [0.4, 0.5) is 5.69 Å². The predicted octanol–water partition coefficient (Wildman–Crippen LogP) is 3.48. The van der Waals surface area contributed by atoms with Crippen LogP contribution in [0.2, 0.25) is 0 Å². The van der Waals surface area contributed by atoms with Crippen molar-refractivity contribution in [3.8, 4) is 0 Å². The van der Waals surface area contributed by atoms with E-state index >= 15 is 0 Å². The van der Waals surface area contributed by atoms with Gasteiger partial charge in [0.05, 0.1) is 5.56 Å². The standard InChI is InChI=1S/C23H29N3O4S2/c1-18(27)19-6-8-21(9-7-19)24-12-14-26(15-13-24)32(29,30)22-16-20(17-31-22)23(28)25-10-4-2-3-5-11-25/h6-9,16-17H,2-5,10-15H2,1H3. The summed E-state index contributed by atoms with van der Waals surface area (Å²) in [6.45, 7) is 4.93. The number of ketones is 1. The highest BCUT2D eigenvalue weighted by Crippen LogP contribution is 2.27. The van der Waals surface area contributed by atoms with E-state index in [4.69, 9.17) is 0 Å². The first-order chi connectivity index (χ1) is 15.4. The Morgan fingerprint density at radius 3 is 2.06 bits per heavy atom. The molecule has 1 amide bonds. The third-order valence-corrected chi connectivity index (χ3v) is 9.50. The van der Waals surface area contributed by atoms with E-state index in [9.17, 15) is 18.0 Å². The van der Waals surface area contributed by atoms with Gasteiger partial charge in [-0.15, -0.1) is 11.3 Å². The van der Waals surface area contributed by atoms with Gasteiger partial charge in [0.2, 0.25) is 0 Å². The third-order valence-electron chi connectivity index (χ3n) is 6.19. The van der Waals surface area contributed by atoms with Crippen molar-refractivity contribution >= 4 is 38.7 Å². The van der Waals surface area contributed by atoms with E-state index in [0.29, 0.717) is 37.3 Å². The van der Waals surface area contributed by atoms with Crippen molar-refractivity contribution in [1.82, 2.24) is 9.21 Å². The molecule has 0 saturated carbocycles. The second kappa shape index (κ2) is 9.72. The Bertz CT molecular complexity index is 1060. The van der Waals surface area contributed by atoms with Crippen LogP contribution in [0.15, 0.2) is 39.9 Å². The molecule has 9 heteroatoms. The summed E-state index contributed by atoms with van der Waals surface area (Å²) < 4.78 is 28.1. The second-order valence-corrected chi connectivity index (χ2v) is 11.4. The van der Waals surface area contributed by atoms with Crippen LogP contribution in [0.5, 0.6) is 0 Å². The Morgan fingerprint density at radius 1 is 0.844 bits per heavy atom. The number of amides is 1. The molecule has 3 heterocycles. The fourth-order valence-corrected chi connectivity index (χ4v) is 6.97. The van der Waals surface area contributed by atoms with E-state index in [0.717, 1.165) is 55.8 Å². The molecular formula is C23H29N3O4S2. The minimum absolute atomic E-state index is 0.0251. The largest absolute Gasteiger partial charge is 0.369 e. The molecule has 0 spiro atoms. The number of carbonyl (C=O) groups is 2. The molecule has 0 unspecified atom stereocenters. The molecule has 2 aliphatic rings. The molecule has 32 heavy (non-hydrogen) atoms. The van der Waals surface area contributed by atoms with Crippen molar-refractivity contribution in [2.24, 2.45) is 0 Å². The van der Waals surface area contributed by atoms with Gasteiger partial charge in [-0.05, 0) is 50.1 Å². The topological polar surface area (TPSA) is 78.0 Å². The zero-order chi connectivity index (χ0) is 22.7. The van der Waals surface area contributed by atoms with Crippen molar-refractivity contribution in [2.45, 2.75) is 36.8 Å². The van der Waals surface area contributed by atoms with Gasteiger partial charge in [0.25, 0.3) is 15.9 Å². The maximum atomic E-state index is 13.2. The van der Waals surface area contributed by atoms with Gasteiger partial charge in [-0.2, -0.15) is 4.31 Å². The van der Waals surface area contributed by atoms with Crippen molar-refractivity contribution < 1.29 is 18.0 Å². The summed E-state index contributed by atoms with van der Waals surface area (Å²) in [7, 11) is -3.63. The highest BCUT2D eigenvalue weighted by atomic mass is 32.2. The lowest BCUT2D eigenvalue weighted by Gasteiger charge is -2.35. The van der Waals surface area contributed by atoms with Crippen LogP contribution < -0.4 is 4.90 Å². The molecule has 0 radical (unpaired) electrons. The van der Waals surface area contributed by atoms with E-state index < -0.39 is 10.0 Å². The molecule has 2 aliphatic heterocycles. The number of carbonyl (C=O) groups excluding carboxylic acids is 2. The summed E-state index contributed by atoms with van der Waals surface area (Å²) in [5, 5.41) is 1.67. The van der Waals surface area contributed by atoms with Crippen LogP contribution in [-0.2, 0) is 10.0 Å². The predicted molar refractivity (Wildman–Crippen MR) is 126 cm³/mol. The van der Waals surface area contributed by atoms with Gasteiger partial charge in [-0.3, -0.25) is 9.59 Å². The number of Topliss-reactive ketones (excluding diaryl/α,β-unsaturated/α-hetero) is 1. The molecule has 1 aromatic carbocycles. The lowest BCUT2D eigenvalue weighted by atomic mass is 10.1. The first kappa shape index (κ1) is 22.9. The van der Waals surface area contributed by atoms with Gasteiger partial charge in [-0.25, -0.2) is 8.42 Å². The number of anilines is 1. The molecule has 2 fully saturated rings. The molecule has 0 atom stereocenters. The zero-order valence-electron chi connectivity index (χ0n) is 18.3. The van der Waals surface area contributed by atoms with E-state index in [-0.39, 0.29) is 15.9 Å². The molecule has 1 aromatic heterocycles. The highest BCUT2D eigenvalue weighted by Gasteiger charge is 2.31. The summed E-state index contributed by atoms with van der Waals surface area (Å²) in [4.78, 5) is 28.3. The van der Waals surface area contributed by atoms with Gasteiger partial charge < -0.3 is 9.80 Å². The van der Waals surface area contributed by atoms with Gasteiger partial charge in [0.1, 0.15) is 4.21 Å². The normalized spacial score (nSPS) is 18.4. The Morgan fingerprint density at radius 2 is 1.47 bits per heavy atom. The number of likely N-dealkylation sites (tertiary alicyclic amines) is 1. The molecular weight excluding hydrogens is 446 g/mol. The number of sulfonamides is 1. The second-order valence-electron chi connectivity index (χ2n) is 8.36. The fourth-order valence-electron chi connectivity index (χ4n) is 4.24. The molecule has 4 rings (SSSR count). The summed E-state index contributed by atoms with van der Waals surface area (Å²) in [5.74, 6) is -0.0412. The molecule has 0 N–H and O–H groups in total. The fraction of sp³-hybridized carbons (Fsp3) is 0.478. The van der Waals surface area contributed by atoms with Gasteiger partial charge in [-0.1, -0.05) is 12.8 Å². The summed E-state index contributed by atoms with van der Waals surface area (Å²) >= 11 is 1.13. The van der Waals surface area contributed by atoms with Crippen LogP contribution in [0.3, 0.4) is 0 Å². The molecule has 2 saturated heterocycles. The van der Waals surface area contributed by atoms with Crippen molar-refractivity contribution in [1.29, 1.82) is 0 Å². The lowest BCUT2D eigenvalue weighted by Crippen LogP contribution is -2.48. The van der Waals surface area contributed by atoms with Crippen LogP contribution in [-0.4, -0.2) is 68.6 Å². The third kappa shape index (κ3) is 4.89. The minimum Gasteiger partial charge on any atom is -0.369 e. The minimum atomic E-state index is -3.63. The Kier molecular flexibility index (Phi) is 6.97. The first-order valence-electron chi connectivity index (χ1n) is 11.1. The van der Waals surface area contributed by atoms with Gasteiger partial charge in [0.15, 0.2) is 5.78 Å². The van der Waals surface area contributed by atoms with Crippen LogP contribution in [0.25, 0.3) is 0 Å². The number of rotatable bonds is 5. The number of piperazine rings is 1. The average molecular weight is 476 g/mol. The SMILES string of the molecule is CC(=O)c1ccc(N2CCN(S(=O)(=O)c3cc(C(=O)N4CCCCCC4)cs3)CC2)cc1. The first-order valence-corrected chi connectivity index (χ1v) is 13.4. The number of benzene rings is 1. The molecule has 7 nitrogen and oxygen atoms in total. The van der Waals surface area contributed by atoms with Gasteiger partial charge >= 0.3 is 0 Å². The Balaban J connectivity index is 1.40. The maximum absolute atomic E-state index is 13.2.